The Labute approximate surface area is 107 Å². The van der Waals surface area contributed by atoms with E-state index in [2.05, 4.69) is 14.7 Å². The van der Waals surface area contributed by atoms with Crippen molar-refractivity contribution in [1.29, 1.82) is 0 Å². The maximum Gasteiger partial charge on any atom is 0.202 e. The molecule has 0 spiro atoms. The summed E-state index contributed by atoms with van der Waals surface area (Å²) in [5, 5.41) is 3.79. The third-order valence-corrected chi connectivity index (χ3v) is 3.50. The summed E-state index contributed by atoms with van der Waals surface area (Å²) < 4.78 is 30.0. The van der Waals surface area contributed by atoms with Crippen molar-refractivity contribution >= 4 is 16.7 Å². The maximum absolute atomic E-state index is 13.0. The standard InChI is InChI=1S/C12H11F2N3S/c13-9-4-1-7(5-10(9)14)6-15-12-16-11(17-18-12)8-2-3-8/h1,4-5,8H,2-3,6H2,(H,15,16,17). The number of hydrogen-bond acceptors (Lipinski definition) is 4. The number of aromatic nitrogens is 2. The topological polar surface area (TPSA) is 37.8 Å². The second kappa shape index (κ2) is 4.61. The third kappa shape index (κ3) is 2.48. The van der Waals surface area contributed by atoms with Crippen LogP contribution in [0, 0.1) is 11.6 Å². The van der Waals surface area contributed by atoms with E-state index in [4.69, 9.17) is 0 Å². The van der Waals surface area contributed by atoms with Crippen LogP contribution in [0.1, 0.15) is 30.1 Å². The first-order valence-electron chi connectivity index (χ1n) is 5.74. The van der Waals surface area contributed by atoms with E-state index in [1.807, 2.05) is 0 Å². The monoisotopic (exact) mass is 267 g/mol. The molecule has 3 rings (SSSR count). The van der Waals surface area contributed by atoms with Gasteiger partial charge in [-0.25, -0.2) is 13.8 Å². The molecule has 0 unspecified atom stereocenters. The van der Waals surface area contributed by atoms with Crippen molar-refractivity contribution < 1.29 is 8.78 Å². The highest BCUT2D eigenvalue weighted by Gasteiger charge is 2.27. The van der Waals surface area contributed by atoms with Crippen molar-refractivity contribution in [2.45, 2.75) is 25.3 Å². The van der Waals surface area contributed by atoms with E-state index in [-0.39, 0.29) is 0 Å². The molecule has 2 aromatic rings. The van der Waals surface area contributed by atoms with Gasteiger partial charge in [0.1, 0.15) is 5.82 Å². The Hall–Kier alpha value is -1.56. The summed E-state index contributed by atoms with van der Waals surface area (Å²) in [5.74, 6) is -0.233. The number of nitrogens with zero attached hydrogens (tertiary/aromatic N) is 2. The highest BCUT2D eigenvalue weighted by Crippen LogP contribution is 2.39. The second-order valence-corrected chi connectivity index (χ2v) is 5.09. The van der Waals surface area contributed by atoms with E-state index in [0.29, 0.717) is 18.0 Å². The molecular formula is C12H11F2N3S. The minimum atomic E-state index is -0.828. The molecule has 1 saturated carbocycles. The summed E-state index contributed by atoms with van der Waals surface area (Å²) >= 11 is 1.30. The van der Waals surface area contributed by atoms with Gasteiger partial charge in [-0.1, -0.05) is 6.07 Å². The Bertz CT molecular complexity index is 566. The number of rotatable bonds is 4. The van der Waals surface area contributed by atoms with Gasteiger partial charge in [0.25, 0.3) is 0 Å². The number of halogens is 2. The van der Waals surface area contributed by atoms with E-state index in [0.717, 1.165) is 17.0 Å². The highest BCUT2D eigenvalue weighted by atomic mass is 32.1. The second-order valence-electron chi connectivity index (χ2n) is 4.33. The van der Waals surface area contributed by atoms with E-state index in [1.54, 1.807) is 6.07 Å². The molecule has 1 fully saturated rings. The van der Waals surface area contributed by atoms with Crippen molar-refractivity contribution in [3.05, 3.63) is 41.2 Å². The van der Waals surface area contributed by atoms with Gasteiger partial charge in [-0.3, -0.25) is 0 Å². The first-order valence-corrected chi connectivity index (χ1v) is 6.51. The minimum Gasteiger partial charge on any atom is -0.356 e. The van der Waals surface area contributed by atoms with Crippen molar-refractivity contribution in [1.82, 2.24) is 9.36 Å². The Morgan fingerprint density at radius 2 is 2.11 bits per heavy atom. The average molecular weight is 267 g/mol. The number of nitrogens with one attached hydrogen (secondary N) is 1. The zero-order chi connectivity index (χ0) is 12.5. The Morgan fingerprint density at radius 1 is 1.28 bits per heavy atom. The fraction of sp³-hybridized carbons (Fsp3) is 0.333. The Morgan fingerprint density at radius 3 is 2.83 bits per heavy atom. The normalized spacial score (nSPS) is 14.8. The summed E-state index contributed by atoms with van der Waals surface area (Å²) in [5.41, 5.74) is 0.678. The van der Waals surface area contributed by atoms with Crippen LogP contribution in [0.15, 0.2) is 18.2 Å². The van der Waals surface area contributed by atoms with E-state index < -0.39 is 11.6 Å². The molecule has 6 heteroatoms. The molecule has 1 aliphatic carbocycles. The largest absolute Gasteiger partial charge is 0.356 e. The fourth-order valence-corrected chi connectivity index (χ4v) is 2.28. The van der Waals surface area contributed by atoms with Crippen LogP contribution in [0.5, 0.6) is 0 Å². The van der Waals surface area contributed by atoms with Crippen LogP contribution < -0.4 is 5.32 Å². The van der Waals surface area contributed by atoms with Crippen LogP contribution in [0.2, 0.25) is 0 Å². The lowest BCUT2D eigenvalue weighted by Gasteiger charge is -2.02. The molecule has 0 aliphatic heterocycles. The van der Waals surface area contributed by atoms with Crippen LogP contribution in [-0.2, 0) is 6.54 Å². The van der Waals surface area contributed by atoms with Gasteiger partial charge in [0.15, 0.2) is 11.6 Å². The summed E-state index contributed by atoms with van der Waals surface area (Å²) in [6.45, 7) is 0.413. The summed E-state index contributed by atoms with van der Waals surface area (Å²) in [6.07, 6.45) is 2.33. The van der Waals surface area contributed by atoms with Gasteiger partial charge < -0.3 is 5.32 Å². The lowest BCUT2D eigenvalue weighted by molar-refractivity contribution is 0.507. The minimum absolute atomic E-state index is 0.413. The van der Waals surface area contributed by atoms with Crippen LogP contribution in [0.4, 0.5) is 13.9 Å². The van der Waals surface area contributed by atoms with Crippen LogP contribution in [0.3, 0.4) is 0 Å². The predicted molar refractivity (Wildman–Crippen MR) is 65.6 cm³/mol. The average Bonchev–Trinajstić information content (AvgIpc) is 3.11. The fourth-order valence-electron chi connectivity index (χ4n) is 1.64. The maximum atomic E-state index is 13.0. The van der Waals surface area contributed by atoms with Crippen LogP contribution >= 0.6 is 11.5 Å². The molecule has 1 aromatic heterocycles. The summed E-state index contributed by atoms with van der Waals surface area (Å²) in [6, 6.07) is 3.86. The zero-order valence-corrected chi connectivity index (χ0v) is 10.3. The molecule has 1 N–H and O–H groups in total. The first-order chi connectivity index (χ1) is 8.72. The van der Waals surface area contributed by atoms with Gasteiger partial charge in [0.05, 0.1) is 0 Å². The number of hydrogen-bond donors (Lipinski definition) is 1. The summed E-state index contributed by atoms with van der Waals surface area (Å²) in [4.78, 5) is 4.36. The molecule has 18 heavy (non-hydrogen) atoms. The van der Waals surface area contributed by atoms with E-state index in [1.165, 1.54) is 30.4 Å². The van der Waals surface area contributed by atoms with Crippen molar-refractivity contribution in [2.75, 3.05) is 5.32 Å². The smallest absolute Gasteiger partial charge is 0.202 e. The third-order valence-electron chi connectivity index (χ3n) is 2.81. The van der Waals surface area contributed by atoms with Crippen molar-refractivity contribution in [2.24, 2.45) is 0 Å². The molecule has 3 nitrogen and oxygen atoms in total. The molecular weight excluding hydrogens is 256 g/mol. The predicted octanol–water partition coefficient (Wildman–Crippen LogP) is 3.31. The Balaban J connectivity index is 1.63. The van der Waals surface area contributed by atoms with Gasteiger partial charge in [-0.05, 0) is 30.5 Å². The van der Waals surface area contributed by atoms with Crippen molar-refractivity contribution in [3.8, 4) is 0 Å². The van der Waals surface area contributed by atoms with Crippen molar-refractivity contribution in [3.63, 3.8) is 0 Å². The lowest BCUT2D eigenvalue weighted by atomic mass is 10.2. The molecule has 0 saturated heterocycles. The van der Waals surface area contributed by atoms with Gasteiger partial charge in [0, 0.05) is 24.0 Å². The summed E-state index contributed by atoms with van der Waals surface area (Å²) in [7, 11) is 0. The SMILES string of the molecule is Fc1ccc(CNc2nc(C3CC3)ns2)cc1F. The first kappa shape index (κ1) is 11.5. The van der Waals surface area contributed by atoms with Gasteiger partial charge in [-0.2, -0.15) is 4.37 Å². The number of anilines is 1. The van der Waals surface area contributed by atoms with Gasteiger partial charge >= 0.3 is 0 Å². The molecule has 0 amide bonds. The Kier molecular flexibility index (Phi) is 2.95. The lowest BCUT2D eigenvalue weighted by Crippen LogP contribution is -2.00. The molecule has 1 aromatic carbocycles. The number of benzene rings is 1. The van der Waals surface area contributed by atoms with Gasteiger partial charge in [-0.15, -0.1) is 0 Å². The van der Waals surface area contributed by atoms with E-state index >= 15 is 0 Å². The van der Waals surface area contributed by atoms with Crippen LogP contribution in [0.25, 0.3) is 0 Å². The molecule has 0 atom stereocenters. The quantitative estimate of drug-likeness (QED) is 0.923. The molecule has 0 bridgehead atoms. The molecule has 0 radical (unpaired) electrons. The van der Waals surface area contributed by atoms with E-state index in [9.17, 15) is 8.78 Å². The van der Waals surface area contributed by atoms with Gasteiger partial charge in [0.2, 0.25) is 5.13 Å². The molecule has 94 valence electrons. The van der Waals surface area contributed by atoms with Crippen LogP contribution in [-0.4, -0.2) is 9.36 Å². The molecule has 1 aliphatic rings. The highest BCUT2D eigenvalue weighted by molar-refractivity contribution is 7.09. The zero-order valence-electron chi connectivity index (χ0n) is 9.49. The molecule has 1 heterocycles.